The van der Waals surface area contributed by atoms with Gasteiger partial charge in [0.2, 0.25) is 0 Å². The Morgan fingerprint density at radius 3 is 2.00 bits per heavy atom. The topological polar surface area (TPSA) is 46.5 Å². The third-order valence-corrected chi connectivity index (χ3v) is 4.20. The zero-order valence-corrected chi connectivity index (χ0v) is 12.9. The standard InChI is InChI=1S/C14H28N2O2/c1-8-14(9-2)11(17)15(12(3,4)5)10-13(6,7)16(14)18/h18H,8-10H2,1-7H3/p+1. The van der Waals surface area contributed by atoms with E-state index in [-0.39, 0.29) is 17.0 Å². The molecule has 0 atom stereocenters. The van der Waals surface area contributed by atoms with Crippen LogP contribution in [-0.4, -0.2) is 44.2 Å². The van der Waals surface area contributed by atoms with Gasteiger partial charge >= 0.3 is 0 Å². The second-order valence-electron chi connectivity index (χ2n) is 6.95. The molecule has 1 heterocycles. The number of carbonyl (C=O) groups excluding carboxylic acids is 1. The minimum absolute atomic E-state index is 0.106. The highest BCUT2D eigenvalue weighted by Gasteiger charge is 2.58. The fourth-order valence-electron chi connectivity index (χ4n) is 2.87. The number of hydrogen-bond acceptors (Lipinski definition) is 2. The molecule has 0 aliphatic carbocycles. The van der Waals surface area contributed by atoms with Crippen LogP contribution >= 0.6 is 0 Å². The molecule has 18 heavy (non-hydrogen) atoms. The highest BCUT2D eigenvalue weighted by Crippen LogP contribution is 2.38. The first-order chi connectivity index (χ1) is 8.03. The summed E-state index contributed by atoms with van der Waals surface area (Å²) in [6, 6.07) is 0. The maximum atomic E-state index is 12.8. The van der Waals surface area contributed by atoms with Gasteiger partial charge in [-0.1, -0.05) is 18.9 Å². The molecule has 1 amide bonds. The lowest BCUT2D eigenvalue weighted by Crippen LogP contribution is -2.74. The molecule has 1 aliphatic heterocycles. The zero-order chi connectivity index (χ0) is 14.4. The van der Waals surface area contributed by atoms with Crippen molar-refractivity contribution in [1.82, 2.24) is 9.96 Å². The number of nitrogens with zero attached hydrogens (tertiary/aromatic N) is 2. The summed E-state index contributed by atoms with van der Waals surface area (Å²) in [5, 5.41) is 9.94. The minimum atomic E-state index is -0.672. The lowest BCUT2D eigenvalue weighted by Gasteiger charge is -2.54. The molecule has 0 aromatic heterocycles. The molecule has 1 fully saturated rings. The van der Waals surface area contributed by atoms with E-state index in [1.807, 2.05) is 32.6 Å². The van der Waals surface area contributed by atoms with E-state index in [4.69, 9.17) is 5.21 Å². The Morgan fingerprint density at radius 2 is 1.67 bits per heavy atom. The Balaban J connectivity index is 3.29. The second-order valence-corrected chi connectivity index (χ2v) is 6.95. The Labute approximate surface area is 111 Å². The molecule has 0 radical (unpaired) electrons. The predicted octanol–water partition coefficient (Wildman–Crippen LogP) is 1.91. The average Bonchev–Trinajstić information content (AvgIpc) is 2.25. The van der Waals surface area contributed by atoms with Crippen molar-refractivity contribution in [3.63, 3.8) is 0 Å². The van der Waals surface area contributed by atoms with Gasteiger partial charge < -0.3 is 10.1 Å². The molecular weight excluding hydrogens is 228 g/mol. The van der Waals surface area contributed by atoms with Crippen molar-refractivity contribution in [2.45, 2.75) is 77.9 Å². The summed E-state index contributed by atoms with van der Waals surface area (Å²) in [7, 11) is 0. The first kappa shape index (κ1) is 15.4. The number of piperazine rings is 1. The van der Waals surface area contributed by atoms with Gasteiger partial charge in [0.15, 0.2) is 5.54 Å². The monoisotopic (exact) mass is 257 g/mol. The summed E-state index contributed by atoms with van der Waals surface area (Å²) in [5.74, 6) is 0.106. The van der Waals surface area contributed by atoms with E-state index in [1.165, 1.54) is 0 Å². The van der Waals surface area contributed by atoms with E-state index in [2.05, 4.69) is 20.8 Å². The first-order valence-corrected chi connectivity index (χ1v) is 6.86. The Morgan fingerprint density at radius 1 is 1.22 bits per heavy atom. The molecule has 0 aromatic carbocycles. The molecule has 0 spiro atoms. The van der Waals surface area contributed by atoms with Crippen molar-refractivity contribution in [3.8, 4) is 0 Å². The Bertz CT molecular complexity index is 327. The number of rotatable bonds is 2. The normalized spacial score (nSPS) is 24.4. The SMILES string of the molecule is CCC1(CC)C(=O)N(C(C)(C)C)CC(C)(C)N1[OH2+]. The molecule has 1 aliphatic rings. The van der Waals surface area contributed by atoms with Crippen molar-refractivity contribution in [2.75, 3.05) is 6.54 Å². The van der Waals surface area contributed by atoms with Crippen molar-refractivity contribution in [1.29, 1.82) is 0 Å². The van der Waals surface area contributed by atoms with Crippen molar-refractivity contribution >= 4 is 5.91 Å². The smallest absolute Gasteiger partial charge is 0.250 e. The maximum absolute atomic E-state index is 12.8. The Kier molecular flexibility index (Phi) is 3.86. The molecule has 4 heteroatoms. The van der Waals surface area contributed by atoms with Gasteiger partial charge in [-0.3, -0.25) is 4.79 Å². The summed E-state index contributed by atoms with van der Waals surface area (Å²) in [6.45, 7) is 14.9. The minimum Gasteiger partial charge on any atom is -0.337 e. The van der Waals surface area contributed by atoms with Crippen LogP contribution in [-0.2, 0) is 4.79 Å². The summed E-state index contributed by atoms with van der Waals surface area (Å²) in [6.07, 6.45) is 1.36. The number of amides is 1. The summed E-state index contributed by atoms with van der Waals surface area (Å²) < 4.78 is 0. The molecule has 0 saturated carbocycles. The van der Waals surface area contributed by atoms with Crippen LogP contribution < -0.4 is 0 Å². The van der Waals surface area contributed by atoms with E-state index in [0.29, 0.717) is 19.4 Å². The van der Waals surface area contributed by atoms with Gasteiger partial charge in [0.1, 0.15) is 5.54 Å². The van der Waals surface area contributed by atoms with Gasteiger partial charge in [-0.2, -0.15) is 0 Å². The summed E-state index contributed by atoms with van der Waals surface area (Å²) in [4.78, 5) is 14.8. The molecule has 4 nitrogen and oxygen atoms in total. The quantitative estimate of drug-likeness (QED) is 0.709. The molecule has 0 unspecified atom stereocenters. The van der Waals surface area contributed by atoms with Gasteiger partial charge in [0.05, 0.1) is 0 Å². The number of hydroxylamine groups is 2. The fourth-order valence-corrected chi connectivity index (χ4v) is 2.87. The first-order valence-electron chi connectivity index (χ1n) is 6.86. The summed E-state index contributed by atoms with van der Waals surface area (Å²) in [5.41, 5.74) is -1.17. The van der Waals surface area contributed by atoms with Crippen molar-refractivity contribution in [3.05, 3.63) is 0 Å². The van der Waals surface area contributed by atoms with E-state index < -0.39 is 5.54 Å². The van der Waals surface area contributed by atoms with Gasteiger partial charge in [-0.25, -0.2) is 0 Å². The van der Waals surface area contributed by atoms with Crippen LogP contribution in [0.5, 0.6) is 0 Å². The lowest BCUT2D eigenvalue weighted by molar-refractivity contribution is -0.261. The van der Waals surface area contributed by atoms with E-state index in [1.54, 1.807) is 5.06 Å². The summed E-state index contributed by atoms with van der Waals surface area (Å²) >= 11 is 0. The maximum Gasteiger partial charge on any atom is 0.250 e. The van der Waals surface area contributed by atoms with Gasteiger partial charge in [0, 0.05) is 12.1 Å². The van der Waals surface area contributed by atoms with Crippen LogP contribution in [0.3, 0.4) is 0 Å². The van der Waals surface area contributed by atoms with Crippen molar-refractivity contribution in [2.24, 2.45) is 0 Å². The highest BCUT2D eigenvalue weighted by molar-refractivity contribution is 5.88. The van der Waals surface area contributed by atoms with Crippen LogP contribution in [0.1, 0.15) is 61.3 Å². The molecule has 1 rings (SSSR count). The van der Waals surface area contributed by atoms with Gasteiger partial charge in [-0.05, 0) is 47.5 Å². The zero-order valence-electron chi connectivity index (χ0n) is 12.9. The number of carbonyl (C=O) groups is 1. The van der Waals surface area contributed by atoms with Gasteiger partial charge in [-0.15, -0.1) is 0 Å². The largest absolute Gasteiger partial charge is 0.337 e. The van der Waals surface area contributed by atoms with E-state index >= 15 is 0 Å². The van der Waals surface area contributed by atoms with Crippen LogP contribution in [0.2, 0.25) is 0 Å². The number of hydrogen-bond donors (Lipinski definition) is 0. The van der Waals surface area contributed by atoms with Gasteiger partial charge in [0.25, 0.3) is 5.91 Å². The second kappa shape index (κ2) is 4.49. The van der Waals surface area contributed by atoms with Crippen LogP contribution in [0.25, 0.3) is 0 Å². The fraction of sp³-hybridized carbons (Fsp3) is 0.929. The average molecular weight is 257 g/mol. The molecular formula is C14H29N2O2+. The van der Waals surface area contributed by atoms with E-state index in [9.17, 15) is 4.79 Å². The molecule has 0 bridgehead atoms. The van der Waals surface area contributed by atoms with E-state index in [0.717, 1.165) is 0 Å². The molecule has 106 valence electrons. The van der Waals surface area contributed by atoms with Crippen LogP contribution in [0.4, 0.5) is 0 Å². The molecule has 1 saturated heterocycles. The van der Waals surface area contributed by atoms with Crippen LogP contribution in [0.15, 0.2) is 0 Å². The third kappa shape index (κ3) is 2.16. The Hall–Kier alpha value is -0.610. The highest BCUT2D eigenvalue weighted by atomic mass is 16.5. The van der Waals surface area contributed by atoms with Crippen molar-refractivity contribution < 1.29 is 10.0 Å². The van der Waals surface area contributed by atoms with Crippen LogP contribution in [0, 0.1) is 0 Å². The third-order valence-electron chi connectivity index (χ3n) is 4.20. The predicted molar refractivity (Wildman–Crippen MR) is 74.3 cm³/mol. The molecule has 2 N–H and O–H groups in total. The molecule has 0 aromatic rings. The lowest BCUT2D eigenvalue weighted by atomic mass is 9.81.